The molecule has 0 aliphatic heterocycles. The molecule has 0 spiro atoms. The first kappa shape index (κ1) is 16.6. The summed E-state index contributed by atoms with van der Waals surface area (Å²) in [5, 5.41) is 5.72. The summed E-state index contributed by atoms with van der Waals surface area (Å²) in [5.74, 6) is -0.188. The van der Waals surface area contributed by atoms with Crippen molar-refractivity contribution in [2.45, 2.75) is 6.92 Å². The summed E-state index contributed by atoms with van der Waals surface area (Å²) >= 11 is 9.24. The highest BCUT2D eigenvalue weighted by Crippen LogP contribution is 2.36. The summed E-state index contributed by atoms with van der Waals surface area (Å²) in [4.78, 5) is 22.3. The van der Waals surface area contributed by atoms with Gasteiger partial charge in [-0.15, -0.1) is 11.3 Å². The molecule has 0 radical (unpaired) electrons. The van der Waals surface area contributed by atoms with Gasteiger partial charge in [0, 0.05) is 15.5 Å². The first-order valence-electron chi connectivity index (χ1n) is 8.25. The van der Waals surface area contributed by atoms with Gasteiger partial charge in [-0.3, -0.25) is 10.1 Å². The number of carbonyl (C=O) groups excluding carboxylic acids is 1. The highest BCUT2D eigenvalue weighted by molar-refractivity contribution is 7.23. The second kappa shape index (κ2) is 6.27. The van der Waals surface area contributed by atoms with Crippen LogP contribution < -0.4 is 5.32 Å². The molecule has 132 valence electrons. The van der Waals surface area contributed by atoms with Crippen molar-refractivity contribution in [2.24, 2.45) is 0 Å². The number of aryl methyl sites for hydroxylation is 1. The van der Waals surface area contributed by atoms with Crippen LogP contribution in [0.3, 0.4) is 0 Å². The van der Waals surface area contributed by atoms with E-state index in [9.17, 15) is 4.79 Å². The molecule has 0 unspecified atom stereocenters. The SMILES string of the molecule is Cc1ccc2nc(Cl)c3cc(C(=O)Nc4nc5ccccc5s4)sc3c2c1. The van der Waals surface area contributed by atoms with Gasteiger partial charge in [0.15, 0.2) is 5.13 Å². The van der Waals surface area contributed by atoms with Crippen molar-refractivity contribution in [1.29, 1.82) is 0 Å². The lowest BCUT2D eigenvalue weighted by Gasteiger charge is -2.01. The quantitative estimate of drug-likeness (QED) is 0.349. The van der Waals surface area contributed by atoms with Crippen LogP contribution in [0.2, 0.25) is 5.15 Å². The molecular weight excluding hydrogens is 398 g/mol. The Morgan fingerprint density at radius 1 is 1.00 bits per heavy atom. The number of hydrogen-bond donors (Lipinski definition) is 1. The Bertz CT molecular complexity index is 1320. The van der Waals surface area contributed by atoms with Gasteiger partial charge in [-0.25, -0.2) is 9.97 Å². The fraction of sp³-hybridized carbons (Fsp3) is 0.0500. The molecule has 0 fully saturated rings. The minimum atomic E-state index is -0.188. The normalized spacial score (nSPS) is 11.5. The molecule has 27 heavy (non-hydrogen) atoms. The van der Waals surface area contributed by atoms with Gasteiger partial charge in [0.1, 0.15) is 5.15 Å². The van der Waals surface area contributed by atoms with Crippen LogP contribution >= 0.6 is 34.3 Å². The maximum Gasteiger partial charge on any atom is 0.267 e. The van der Waals surface area contributed by atoms with E-state index in [-0.39, 0.29) is 5.91 Å². The number of halogens is 1. The molecule has 5 aromatic rings. The first-order valence-corrected chi connectivity index (χ1v) is 10.3. The van der Waals surface area contributed by atoms with E-state index in [1.54, 1.807) is 6.07 Å². The van der Waals surface area contributed by atoms with E-state index >= 15 is 0 Å². The largest absolute Gasteiger partial charge is 0.297 e. The van der Waals surface area contributed by atoms with Crippen molar-refractivity contribution in [3.63, 3.8) is 0 Å². The summed E-state index contributed by atoms with van der Waals surface area (Å²) in [6.45, 7) is 2.04. The van der Waals surface area contributed by atoms with E-state index in [4.69, 9.17) is 11.6 Å². The second-order valence-corrected chi connectivity index (χ2v) is 8.66. The van der Waals surface area contributed by atoms with Gasteiger partial charge in [0.2, 0.25) is 0 Å². The third kappa shape index (κ3) is 2.86. The van der Waals surface area contributed by atoms with Crippen molar-refractivity contribution < 1.29 is 4.79 Å². The standard InChI is InChI=1S/C20H12ClN3OS2/c1-10-6-7-13-11(8-10)17-12(18(21)22-13)9-16(26-17)19(25)24-20-23-14-4-2-3-5-15(14)27-20/h2-9H,1H3,(H,23,24,25). The van der Waals surface area contributed by atoms with Crippen molar-refractivity contribution >= 4 is 76.5 Å². The van der Waals surface area contributed by atoms with Crippen molar-refractivity contribution in [3.05, 3.63) is 64.1 Å². The zero-order valence-corrected chi connectivity index (χ0v) is 16.5. The summed E-state index contributed by atoms with van der Waals surface area (Å²) in [5.41, 5.74) is 2.85. The molecule has 4 nitrogen and oxygen atoms in total. The third-order valence-corrected chi connectivity index (χ3v) is 6.71. The number of thiazole rings is 1. The van der Waals surface area contributed by atoms with Crippen LogP contribution in [0, 0.1) is 6.92 Å². The van der Waals surface area contributed by atoms with Crippen molar-refractivity contribution in [3.8, 4) is 0 Å². The van der Waals surface area contributed by atoms with E-state index in [2.05, 4.69) is 21.4 Å². The van der Waals surface area contributed by atoms with E-state index in [0.717, 1.165) is 36.8 Å². The van der Waals surface area contributed by atoms with Gasteiger partial charge in [-0.2, -0.15) is 0 Å². The Balaban J connectivity index is 1.57. The molecule has 0 aliphatic carbocycles. The number of benzene rings is 2. The van der Waals surface area contributed by atoms with E-state index < -0.39 is 0 Å². The highest BCUT2D eigenvalue weighted by Gasteiger charge is 2.17. The van der Waals surface area contributed by atoms with E-state index in [1.165, 1.54) is 22.7 Å². The second-order valence-electron chi connectivity index (χ2n) is 6.22. The van der Waals surface area contributed by atoms with Crippen LogP contribution in [0.25, 0.3) is 31.2 Å². The van der Waals surface area contributed by atoms with Crippen LogP contribution in [-0.2, 0) is 0 Å². The Morgan fingerprint density at radius 3 is 2.70 bits per heavy atom. The number of anilines is 1. The molecule has 0 bridgehead atoms. The van der Waals surface area contributed by atoms with Gasteiger partial charge >= 0.3 is 0 Å². The molecule has 0 atom stereocenters. The van der Waals surface area contributed by atoms with E-state index in [0.29, 0.717) is 15.2 Å². The molecule has 1 amide bonds. The topological polar surface area (TPSA) is 54.9 Å². The smallest absolute Gasteiger partial charge is 0.267 e. The Kier molecular flexibility index (Phi) is 3.86. The molecule has 1 N–H and O–H groups in total. The third-order valence-electron chi connectivity index (χ3n) is 4.31. The van der Waals surface area contributed by atoms with Gasteiger partial charge in [-0.1, -0.05) is 46.7 Å². The Morgan fingerprint density at radius 2 is 1.85 bits per heavy atom. The Labute approximate surface area is 167 Å². The predicted octanol–water partition coefficient (Wildman–Crippen LogP) is 6.27. The molecule has 5 rings (SSSR count). The predicted molar refractivity (Wildman–Crippen MR) is 114 cm³/mol. The van der Waals surface area contributed by atoms with Gasteiger partial charge in [0.25, 0.3) is 5.91 Å². The summed E-state index contributed by atoms with van der Waals surface area (Å²) in [6, 6.07) is 15.7. The number of nitrogens with one attached hydrogen (secondary N) is 1. The number of amides is 1. The molecule has 3 heterocycles. The molecule has 3 aromatic heterocycles. The van der Waals surface area contributed by atoms with Crippen LogP contribution in [0.15, 0.2) is 48.5 Å². The number of fused-ring (bicyclic) bond motifs is 4. The number of nitrogens with zero attached hydrogens (tertiary/aromatic N) is 2. The lowest BCUT2D eigenvalue weighted by Crippen LogP contribution is -2.09. The van der Waals surface area contributed by atoms with E-state index in [1.807, 2.05) is 43.3 Å². The minimum absolute atomic E-state index is 0.188. The molecule has 2 aromatic carbocycles. The molecule has 0 aliphatic rings. The number of para-hydroxylation sites is 1. The van der Waals surface area contributed by atoms with Crippen molar-refractivity contribution in [2.75, 3.05) is 5.32 Å². The van der Waals surface area contributed by atoms with Gasteiger partial charge < -0.3 is 0 Å². The number of aromatic nitrogens is 2. The molecule has 0 saturated carbocycles. The van der Waals surface area contributed by atoms with Gasteiger partial charge in [0.05, 0.1) is 20.6 Å². The van der Waals surface area contributed by atoms with Crippen LogP contribution in [0.5, 0.6) is 0 Å². The monoisotopic (exact) mass is 409 g/mol. The van der Waals surface area contributed by atoms with Crippen LogP contribution in [-0.4, -0.2) is 15.9 Å². The molecular formula is C20H12ClN3OS2. The summed E-state index contributed by atoms with van der Waals surface area (Å²) < 4.78 is 2.01. The minimum Gasteiger partial charge on any atom is -0.297 e. The van der Waals surface area contributed by atoms with Crippen molar-refractivity contribution in [1.82, 2.24) is 9.97 Å². The number of rotatable bonds is 2. The maximum absolute atomic E-state index is 12.8. The maximum atomic E-state index is 12.8. The summed E-state index contributed by atoms with van der Waals surface area (Å²) in [7, 11) is 0. The Hall–Kier alpha value is -2.54. The van der Waals surface area contributed by atoms with Crippen LogP contribution in [0.4, 0.5) is 5.13 Å². The number of pyridine rings is 1. The zero-order chi connectivity index (χ0) is 18.5. The number of hydrogen-bond acceptors (Lipinski definition) is 5. The highest BCUT2D eigenvalue weighted by atomic mass is 35.5. The summed E-state index contributed by atoms with van der Waals surface area (Å²) in [6.07, 6.45) is 0. The van der Waals surface area contributed by atoms with Gasteiger partial charge in [-0.05, 0) is 37.3 Å². The molecule has 7 heteroatoms. The number of carbonyl (C=O) groups is 1. The zero-order valence-electron chi connectivity index (χ0n) is 14.1. The lowest BCUT2D eigenvalue weighted by atomic mass is 10.1. The molecule has 0 saturated heterocycles. The first-order chi connectivity index (χ1) is 13.1. The number of thiophene rings is 1. The lowest BCUT2D eigenvalue weighted by molar-refractivity contribution is 0.103. The van der Waals surface area contributed by atoms with Crippen LogP contribution in [0.1, 0.15) is 15.2 Å². The fourth-order valence-electron chi connectivity index (χ4n) is 3.04. The average molecular weight is 410 g/mol. The average Bonchev–Trinajstić information content (AvgIpc) is 3.26. The fourth-order valence-corrected chi connectivity index (χ4v) is 5.27.